The van der Waals surface area contributed by atoms with Crippen molar-refractivity contribution in [3.05, 3.63) is 112 Å². The van der Waals surface area contributed by atoms with Crippen LogP contribution in [-0.4, -0.2) is 117 Å². The lowest BCUT2D eigenvalue weighted by Crippen LogP contribution is -2.58. The van der Waals surface area contributed by atoms with Gasteiger partial charge in [0.1, 0.15) is 38.9 Å². The number of aromatic amines is 3. The van der Waals surface area contributed by atoms with E-state index >= 15 is 0 Å². The summed E-state index contributed by atoms with van der Waals surface area (Å²) in [7, 11) is 0. The SMILES string of the molecule is CC1(C#N)CCCCC1.CC1(C#N)CCN(c2cnc3c(-c4cccc(Cl)c4)[nH]nc3n2)CC1.CC1(C#N)CCNCC1.Clc1cccc(-c2[nH]nc3nc(Cl)cnc23)c1.N#CC1(N)CCCCC1.NC(=O)C1(N)CCN(c2cnc3c(-c4cccc(Cl)c4)[nH]nc3n2)CC1. The average molecular weight is 1360 g/mol. The van der Waals surface area contributed by atoms with Crippen molar-refractivity contribution in [2.45, 2.75) is 135 Å². The van der Waals surface area contributed by atoms with Gasteiger partial charge >= 0.3 is 0 Å². The Morgan fingerprint density at radius 1 is 0.484 bits per heavy atom. The molecule has 0 spiro atoms. The average Bonchev–Trinajstić information content (AvgIpc) is 1.72. The molecule has 23 nitrogen and oxygen atoms in total. The molecule has 9 aromatic rings. The van der Waals surface area contributed by atoms with E-state index in [4.69, 9.17) is 79.4 Å². The van der Waals surface area contributed by atoms with Gasteiger partial charge in [-0.2, -0.15) is 36.3 Å². The van der Waals surface area contributed by atoms with Crippen LogP contribution in [0.5, 0.6) is 0 Å². The normalized spacial score (nSPS) is 18.0. The van der Waals surface area contributed by atoms with Crippen molar-refractivity contribution in [3.63, 3.8) is 0 Å². The van der Waals surface area contributed by atoms with E-state index in [0.717, 1.165) is 135 Å². The lowest BCUT2D eigenvalue weighted by molar-refractivity contribution is -0.123. The molecule has 3 saturated heterocycles. The Bertz CT molecular complexity index is 4180. The maximum atomic E-state index is 11.5. The van der Waals surface area contributed by atoms with E-state index in [9.17, 15) is 10.1 Å². The Kier molecular flexibility index (Phi) is 23.6. The third-order valence-corrected chi connectivity index (χ3v) is 19.1. The molecule has 10 N–H and O–H groups in total. The Balaban J connectivity index is 0.000000142. The van der Waals surface area contributed by atoms with Crippen molar-refractivity contribution in [2.24, 2.45) is 33.4 Å². The van der Waals surface area contributed by atoms with Crippen molar-refractivity contribution < 1.29 is 4.79 Å². The fourth-order valence-electron chi connectivity index (χ4n) is 11.7. The molecule has 0 radical (unpaired) electrons. The number of nitrogens with zero attached hydrogens (tertiary/aromatic N) is 15. The summed E-state index contributed by atoms with van der Waals surface area (Å²) < 4.78 is 0. The summed E-state index contributed by atoms with van der Waals surface area (Å²) in [6.07, 6.45) is 21.0. The second kappa shape index (κ2) is 31.7. The lowest BCUT2D eigenvalue weighted by atomic mass is 9.77. The van der Waals surface area contributed by atoms with Crippen LogP contribution in [0.1, 0.15) is 124 Å². The molecule has 95 heavy (non-hydrogen) atoms. The molecule has 6 aromatic heterocycles. The number of halogens is 4. The van der Waals surface area contributed by atoms with Crippen LogP contribution in [0.3, 0.4) is 0 Å². The second-order valence-electron chi connectivity index (χ2n) is 25.6. The molecule has 0 atom stereocenters. The number of amides is 1. The molecule has 27 heteroatoms. The summed E-state index contributed by atoms with van der Waals surface area (Å²) in [5, 5.41) is 62.2. The number of anilines is 2. The molecule has 5 fully saturated rings. The lowest BCUT2D eigenvalue weighted by Gasteiger charge is -2.37. The number of aromatic nitrogens is 12. The molecule has 14 rings (SSSR count). The zero-order valence-corrected chi connectivity index (χ0v) is 56.6. The molecule has 3 aliphatic heterocycles. The standard InChI is InChI=1S/C18H17ClN6.C17H18ClN7O.C11H6Cl2N4.C8H13N.2C7H12N2/c1-18(11-20)5-7-25(8-6-18)14-10-21-16-15(23-24-17(16)22-14)12-3-2-4-13(19)9-12;18-11-3-1-2-10(8-11)13-14-15(24-23-13)22-12(9-21-14)25-6-4-17(20,5-7-25)16(19)26;12-7-3-1-2-6(4-7)9-10-11(17-16-9)15-8(13)5-14-10;1-8(7-9)5-3-2-4-6-8;1-7(6-8)2-4-9-5-3-7;8-6-7(9)4-2-1-3-5-7/h2-4,9-10H,5-8H2,1H3,(H,22,23,24);1-3,8-9H,4-7,20H2,(H2,19,26)(H,22,23,24);1-5H,(H,15,16,17);2-6H2,1H3;9H,2-5H2,1H3;1-5,9H2. The number of carbonyl (C=O) groups excluding carboxylic acids is 1. The number of H-pyrrole nitrogens is 3. The second-order valence-corrected chi connectivity index (χ2v) is 27.3. The summed E-state index contributed by atoms with van der Waals surface area (Å²) in [5.41, 5.74) is 24.3. The maximum Gasteiger partial charge on any atom is 0.237 e. The first-order valence-electron chi connectivity index (χ1n) is 31.9. The first-order chi connectivity index (χ1) is 45.6. The molecule has 2 saturated carbocycles. The molecule has 494 valence electrons. The van der Waals surface area contributed by atoms with Crippen LogP contribution >= 0.6 is 46.4 Å². The van der Waals surface area contributed by atoms with Gasteiger partial charge in [0, 0.05) is 57.9 Å². The minimum Gasteiger partial charge on any atom is -0.368 e. The number of nitrogens with two attached hydrogens (primary N) is 3. The van der Waals surface area contributed by atoms with Gasteiger partial charge in [0.05, 0.1) is 81.7 Å². The van der Waals surface area contributed by atoms with Gasteiger partial charge in [0.2, 0.25) is 22.8 Å². The molecule has 3 aromatic carbocycles. The van der Waals surface area contributed by atoms with Crippen molar-refractivity contribution in [1.82, 2.24) is 65.8 Å². The number of fused-ring (bicyclic) bond motifs is 3. The Labute approximate surface area is 572 Å². The number of nitriles is 4. The highest BCUT2D eigenvalue weighted by Crippen LogP contribution is 2.36. The summed E-state index contributed by atoms with van der Waals surface area (Å²) >= 11 is 23.8. The smallest absolute Gasteiger partial charge is 0.237 e. The highest BCUT2D eigenvalue weighted by atomic mass is 35.5. The number of rotatable bonds is 6. The van der Waals surface area contributed by atoms with Crippen LogP contribution in [-0.2, 0) is 4.79 Å². The summed E-state index contributed by atoms with van der Waals surface area (Å²) in [5.74, 6) is 1.04. The largest absolute Gasteiger partial charge is 0.368 e. The number of hydrogen-bond donors (Lipinski definition) is 7. The van der Waals surface area contributed by atoms with Crippen LogP contribution < -0.4 is 32.3 Å². The third-order valence-electron chi connectivity index (χ3n) is 18.2. The molecule has 9 heterocycles. The van der Waals surface area contributed by atoms with Gasteiger partial charge in [-0.25, -0.2) is 29.9 Å². The minimum atomic E-state index is -0.944. The summed E-state index contributed by atoms with van der Waals surface area (Å²) in [6.45, 7) is 10.9. The number of nitrogens with one attached hydrogen (secondary N) is 4. The summed E-state index contributed by atoms with van der Waals surface area (Å²) in [4.78, 5) is 42.3. The highest BCUT2D eigenvalue weighted by molar-refractivity contribution is 6.31. The van der Waals surface area contributed by atoms with Gasteiger partial charge in [-0.15, -0.1) is 0 Å². The number of piperidine rings is 3. The molecular weight excluding hydrogens is 1280 g/mol. The minimum absolute atomic E-state index is 0.0260. The fourth-order valence-corrected chi connectivity index (χ4v) is 12.4. The van der Waals surface area contributed by atoms with E-state index < -0.39 is 17.0 Å². The van der Waals surface area contributed by atoms with E-state index in [2.05, 4.69) is 102 Å². The Hall–Kier alpha value is -8.62. The molecule has 0 bridgehead atoms. The van der Waals surface area contributed by atoms with Crippen molar-refractivity contribution in [3.8, 4) is 58.0 Å². The van der Waals surface area contributed by atoms with Crippen molar-refractivity contribution in [2.75, 3.05) is 49.1 Å². The highest BCUT2D eigenvalue weighted by Gasteiger charge is 2.37. The zero-order chi connectivity index (χ0) is 67.8. The zero-order valence-electron chi connectivity index (χ0n) is 53.6. The fraction of sp³-hybridized carbons (Fsp3) is 0.441. The van der Waals surface area contributed by atoms with E-state index in [1.807, 2.05) is 91.5 Å². The number of benzene rings is 3. The van der Waals surface area contributed by atoms with Gasteiger partial charge in [0.25, 0.3) is 0 Å². The van der Waals surface area contributed by atoms with Gasteiger partial charge in [-0.3, -0.25) is 20.1 Å². The van der Waals surface area contributed by atoms with E-state index in [-0.39, 0.29) is 16.2 Å². The molecule has 1 amide bonds. The summed E-state index contributed by atoms with van der Waals surface area (Å²) in [6, 6.07) is 31.8. The van der Waals surface area contributed by atoms with Crippen molar-refractivity contribution in [1.29, 1.82) is 21.0 Å². The van der Waals surface area contributed by atoms with Crippen LogP contribution in [0.2, 0.25) is 20.2 Å². The van der Waals surface area contributed by atoms with Gasteiger partial charge in [0.15, 0.2) is 0 Å². The predicted molar refractivity (Wildman–Crippen MR) is 372 cm³/mol. The topological polar surface area (TPSA) is 372 Å². The van der Waals surface area contributed by atoms with Crippen LogP contribution in [0.15, 0.2) is 91.4 Å². The maximum absolute atomic E-state index is 11.5. The van der Waals surface area contributed by atoms with Crippen LogP contribution in [0, 0.1) is 61.6 Å². The molecule has 0 unspecified atom stereocenters. The monoisotopic (exact) mass is 1360 g/mol. The third kappa shape index (κ3) is 18.4. The van der Waals surface area contributed by atoms with E-state index in [1.54, 1.807) is 12.4 Å². The Morgan fingerprint density at radius 3 is 1.21 bits per heavy atom. The van der Waals surface area contributed by atoms with E-state index in [1.165, 1.54) is 31.9 Å². The van der Waals surface area contributed by atoms with Gasteiger partial charge < -0.3 is 32.3 Å². The Morgan fingerprint density at radius 2 is 0.853 bits per heavy atom. The molecule has 5 aliphatic rings. The van der Waals surface area contributed by atoms with Crippen LogP contribution in [0.25, 0.3) is 67.3 Å². The number of carbonyl (C=O) groups is 1. The van der Waals surface area contributed by atoms with Crippen LogP contribution in [0.4, 0.5) is 11.6 Å². The first kappa shape index (κ1) is 70.7. The first-order valence-corrected chi connectivity index (χ1v) is 33.4. The number of hydrogen-bond acceptors (Lipinski definition) is 19. The van der Waals surface area contributed by atoms with E-state index in [0.29, 0.717) is 79.9 Å². The molecule has 2 aliphatic carbocycles. The quantitative estimate of drug-likeness (QED) is 0.0813. The number of primary amides is 1. The predicted octanol–water partition coefficient (Wildman–Crippen LogP) is 13.1. The molecular formula is C68H78Cl4N22O. The van der Waals surface area contributed by atoms with Crippen molar-refractivity contribution >= 4 is 97.4 Å². The van der Waals surface area contributed by atoms with Gasteiger partial charge in [-0.05, 0) is 134 Å². The van der Waals surface area contributed by atoms with Gasteiger partial charge in [-0.1, -0.05) is 121 Å².